The third-order valence-corrected chi connectivity index (χ3v) is 3.91. The number of nitrogens with two attached hydrogens (primary N) is 1. The number of rotatable bonds is 6. The van der Waals surface area contributed by atoms with Gasteiger partial charge >= 0.3 is 5.97 Å². The first-order chi connectivity index (χ1) is 9.97. The molecule has 3 N–H and O–H groups in total. The summed E-state index contributed by atoms with van der Waals surface area (Å²) in [5.41, 5.74) is 1.29. The molecule has 2 aromatic rings. The van der Waals surface area contributed by atoms with Crippen LogP contribution < -0.4 is 5.84 Å². The predicted molar refractivity (Wildman–Crippen MR) is 81.7 cm³/mol. The number of carbonyl (C=O) groups is 1. The van der Waals surface area contributed by atoms with E-state index in [1.54, 1.807) is 24.3 Å². The van der Waals surface area contributed by atoms with Gasteiger partial charge in [-0.2, -0.15) is 0 Å². The first-order valence-electron chi connectivity index (χ1n) is 6.61. The topological polar surface area (TPSA) is 94.0 Å². The van der Waals surface area contributed by atoms with Gasteiger partial charge in [-0.25, -0.2) is 9.47 Å². The fourth-order valence-corrected chi connectivity index (χ4v) is 2.63. The monoisotopic (exact) mass is 306 g/mol. The minimum absolute atomic E-state index is 0.282. The second-order valence-electron chi connectivity index (χ2n) is 5.16. The second-order valence-corrected chi connectivity index (χ2v) is 6.10. The molecule has 0 saturated heterocycles. The summed E-state index contributed by atoms with van der Waals surface area (Å²) in [7, 11) is 0. The van der Waals surface area contributed by atoms with E-state index < -0.39 is 5.97 Å². The number of aromatic nitrogens is 3. The van der Waals surface area contributed by atoms with E-state index in [9.17, 15) is 4.79 Å². The van der Waals surface area contributed by atoms with Gasteiger partial charge in [0.15, 0.2) is 5.82 Å². The Kier molecular flexibility index (Phi) is 4.85. The predicted octanol–water partition coefficient (Wildman–Crippen LogP) is 2.18. The molecule has 1 aromatic heterocycles. The Morgan fingerprint density at radius 2 is 2.00 bits per heavy atom. The van der Waals surface area contributed by atoms with Crippen molar-refractivity contribution in [1.29, 1.82) is 0 Å². The zero-order valence-corrected chi connectivity index (χ0v) is 12.8. The molecule has 2 rings (SSSR count). The highest BCUT2D eigenvalue weighted by atomic mass is 32.2. The first-order valence-corrected chi connectivity index (χ1v) is 7.60. The number of nitrogens with zero attached hydrogens (tertiary/aromatic N) is 3. The molecule has 0 bridgehead atoms. The summed E-state index contributed by atoms with van der Waals surface area (Å²) in [5, 5.41) is 17.7. The molecule has 0 amide bonds. The van der Waals surface area contributed by atoms with Gasteiger partial charge in [0, 0.05) is 12.2 Å². The molecule has 0 unspecified atom stereocenters. The Bertz CT molecular complexity index is 622. The lowest BCUT2D eigenvalue weighted by atomic mass is 10.1. The van der Waals surface area contributed by atoms with Crippen LogP contribution in [-0.4, -0.2) is 25.9 Å². The normalized spacial score (nSPS) is 11.0. The SMILES string of the molecule is CC(C)Cc1nnc(SCc2ccc(C(=O)O)cc2)n1N. The molecule has 0 aliphatic rings. The summed E-state index contributed by atoms with van der Waals surface area (Å²) < 4.78 is 1.52. The summed E-state index contributed by atoms with van der Waals surface area (Å²) in [4.78, 5) is 10.8. The number of thioether (sulfide) groups is 1. The maximum atomic E-state index is 10.8. The standard InChI is InChI=1S/C14H18N4O2S/c1-9(2)7-12-16-17-14(18(12)15)21-8-10-3-5-11(6-4-10)13(19)20/h3-6,9H,7-8,15H2,1-2H3,(H,19,20). The lowest BCUT2D eigenvalue weighted by Crippen LogP contribution is -2.15. The van der Waals surface area contributed by atoms with E-state index in [-0.39, 0.29) is 5.56 Å². The van der Waals surface area contributed by atoms with Crippen LogP contribution in [0, 0.1) is 5.92 Å². The van der Waals surface area contributed by atoms with Gasteiger partial charge < -0.3 is 10.9 Å². The van der Waals surface area contributed by atoms with Gasteiger partial charge in [-0.3, -0.25) is 0 Å². The van der Waals surface area contributed by atoms with Crippen LogP contribution in [0.3, 0.4) is 0 Å². The summed E-state index contributed by atoms with van der Waals surface area (Å²) in [6.07, 6.45) is 0.789. The van der Waals surface area contributed by atoms with Crippen molar-refractivity contribution in [1.82, 2.24) is 14.9 Å². The van der Waals surface area contributed by atoms with Crippen molar-refractivity contribution in [3.8, 4) is 0 Å². The Morgan fingerprint density at radius 1 is 1.33 bits per heavy atom. The number of carboxylic acid groups (broad SMARTS) is 1. The molecule has 1 aromatic carbocycles. The highest BCUT2D eigenvalue weighted by Gasteiger charge is 2.11. The third-order valence-electron chi connectivity index (χ3n) is 2.89. The van der Waals surface area contributed by atoms with E-state index in [4.69, 9.17) is 10.9 Å². The number of aromatic carboxylic acids is 1. The lowest BCUT2D eigenvalue weighted by molar-refractivity contribution is 0.0697. The Labute approximate surface area is 127 Å². The largest absolute Gasteiger partial charge is 0.478 e. The van der Waals surface area contributed by atoms with Crippen LogP contribution >= 0.6 is 11.8 Å². The van der Waals surface area contributed by atoms with Crippen LogP contribution in [0.25, 0.3) is 0 Å². The van der Waals surface area contributed by atoms with Crippen molar-refractivity contribution < 1.29 is 9.90 Å². The van der Waals surface area contributed by atoms with Gasteiger partial charge in [0.2, 0.25) is 5.16 Å². The van der Waals surface area contributed by atoms with E-state index >= 15 is 0 Å². The highest BCUT2D eigenvalue weighted by Crippen LogP contribution is 2.21. The zero-order valence-electron chi connectivity index (χ0n) is 12.0. The second kappa shape index (κ2) is 6.62. The fourth-order valence-electron chi connectivity index (χ4n) is 1.80. The number of hydrogen-bond donors (Lipinski definition) is 2. The highest BCUT2D eigenvalue weighted by molar-refractivity contribution is 7.98. The minimum atomic E-state index is -0.922. The van der Waals surface area contributed by atoms with Crippen LogP contribution in [0.4, 0.5) is 0 Å². The van der Waals surface area contributed by atoms with Crippen molar-refractivity contribution in [2.75, 3.05) is 5.84 Å². The van der Waals surface area contributed by atoms with Crippen LogP contribution in [0.5, 0.6) is 0 Å². The van der Waals surface area contributed by atoms with Crippen molar-refractivity contribution in [2.24, 2.45) is 5.92 Å². The van der Waals surface area contributed by atoms with Crippen molar-refractivity contribution in [2.45, 2.75) is 31.2 Å². The zero-order chi connectivity index (χ0) is 15.4. The van der Waals surface area contributed by atoms with Crippen LogP contribution in [0.2, 0.25) is 0 Å². The van der Waals surface area contributed by atoms with Crippen LogP contribution in [0.1, 0.15) is 35.6 Å². The van der Waals surface area contributed by atoms with Crippen LogP contribution in [0.15, 0.2) is 29.4 Å². The average molecular weight is 306 g/mol. The van der Waals surface area contributed by atoms with Gasteiger partial charge in [0.1, 0.15) is 0 Å². The molecule has 7 heteroatoms. The summed E-state index contributed by atoms with van der Waals surface area (Å²) in [6.45, 7) is 4.21. The van der Waals surface area contributed by atoms with E-state index in [1.165, 1.54) is 16.4 Å². The first kappa shape index (κ1) is 15.4. The molecular formula is C14H18N4O2S. The molecular weight excluding hydrogens is 288 g/mol. The number of benzene rings is 1. The molecule has 0 radical (unpaired) electrons. The van der Waals surface area contributed by atoms with Crippen molar-refractivity contribution >= 4 is 17.7 Å². The summed E-state index contributed by atoms with van der Waals surface area (Å²) in [6, 6.07) is 6.77. The molecule has 6 nitrogen and oxygen atoms in total. The van der Waals surface area contributed by atoms with Crippen LogP contribution in [-0.2, 0) is 12.2 Å². The molecule has 112 valence electrons. The number of nitrogen functional groups attached to an aromatic ring is 1. The molecule has 0 atom stereocenters. The van der Waals surface area contributed by atoms with E-state index in [2.05, 4.69) is 24.0 Å². The summed E-state index contributed by atoms with van der Waals surface area (Å²) in [5.74, 6) is 6.96. The maximum Gasteiger partial charge on any atom is 0.335 e. The van der Waals surface area contributed by atoms with Gasteiger partial charge in [-0.05, 0) is 23.6 Å². The number of carboxylic acids is 1. The van der Waals surface area contributed by atoms with Gasteiger partial charge in [-0.1, -0.05) is 37.7 Å². The quantitative estimate of drug-likeness (QED) is 0.627. The molecule has 0 spiro atoms. The van der Waals surface area contributed by atoms with Crippen molar-refractivity contribution in [3.63, 3.8) is 0 Å². The maximum absolute atomic E-state index is 10.8. The van der Waals surface area contributed by atoms with E-state index in [0.29, 0.717) is 16.8 Å². The number of hydrogen-bond acceptors (Lipinski definition) is 5. The van der Waals surface area contributed by atoms with Gasteiger partial charge in [0.05, 0.1) is 5.56 Å². The molecule has 0 aliphatic carbocycles. The summed E-state index contributed by atoms with van der Waals surface area (Å²) >= 11 is 1.48. The van der Waals surface area contributed by atoms with Gasteiger partial charge in [-0.15, -0.1) is 10.2 Å². The average Bonchev–Trinajstić information content (AvgIpc) is 2.77. The van der Waals surface area contributed by atoms with Gasteiger partial charge in [0.25, 0.3) is 0 Å². The molecule has 0 fully saturated rings. The molecule has 0 aliphatic heterocycles. The van der Waals surface area contributed by atoms with E-state index in [1.807, 2.05) is 0 Å². The third kappa shape index (κ3) is 3.98. The molecule has 0 saturated carbocycles. The lowest BCUT2D eigenvalue weighted by Gasteiger charge is -2.05. The Morgan fingerprint density at radius 3 is 2.57 bits per heavy atom. The Balaban J connectivity index is 1.99. The smallest absolute Gasteiger partial charge is 0.335 e. The molecule has 21 heavy (non-hydrogen) atoms. The molecule has 1 heterocycles. The van der Waals surface area contributed by atoms with Crippen molar-refractivity contribution in [3.05, 3.63) is 41.2 Å². The van der Waals surface area contributed by atoms with E-state index in [0.717, 1.165) is 17.8 Å². The minimum Gasteiger partial charge on any atom is -0.478 e. The fraction of sp³-hybridized carbons (Fsp3) is 0.357. The Hall–Kier alpha value is -2.02.